The van der Waals surface area contributed by atoms with Crippen LogP contribution in [0.25, 0.3) is 0 Å². The van der Waals surface area contributed by atoms with Crippen LogP contribution in [0.2, 0.25) is 0 Å². The molecule has 3 rings (SSSR count). The molecule has 3 atom stereocenters. The number of pyridine rings is 1. The normalized spacial score (nSPS) is 32.6. The lowest BCUT2D eigenvalue weighted by Crippen LogP contribution is -2.36. The van der Waals surface area contributed by atoms with Crippen molar-refractivity contribution < 1.29 is 13.2 Å². The number of ether oxygens (including phenoxy) is 1. The Balaban J connectivity index is 1.89. The Bertz CT molecular complexity index is 530. The van der Waals surface area contributed by atoms with Crippen LogP contribution in [-0.4, -0.2) is 43.0 Å². The van der Waals surface area contributed by atoms with Crippen molar-refractivity contribution in [2.24, 2.45) is 5.92 Å². The van der Waals surface area contributed by atoms with Crippen LogP contribution in [0.1, 0.15) is 13.3 Å². The SMILES string of the molecule is CC1CC2OC2CN(S(=O)(=O)c2ccccn2)C1. The fourth-order valence-electron chi connectivity index (χ4n) is 2.47. The molecule has 0 radical (unpaired) electrons. The maximum atomic E-state index is 12.5. The lowest BCUT2D eigenvalue weighted by atomic mass is 10.1. The summed E-state index contributed by atoms with van der Waals surface area (Å²) in [7, 11) is -3.48. The molecule has 98 valence electrons. The van der Waals surface area contributed by atoms with Crippen LogP contribution >= 0.6 is 0 Å². The molecule has 1 aromatic heterocycles. The summed E-state index contributed by atoms with van der Waals surface area (Å²) < 4.78 is 31.9. The summed E-state index contributed by atoms with van der Waals surface area (Å²) in [5.74, 6) is 0.320. The van der Waals surface area contributed by atoms with E-state index in [1.807, 2.05) is 0 Å². The van der Waals surface area contributed by atoms with E-state index >= 15 is 0 Å². The zero-order valence-corrected chi connectivity index (χ0v) is 11.0. The van der Waals surface area contributed by atoms with Gasteiger partial charge in [-0.15, -0.1) is 0 Å². The van der Waals surface area contributed by atoms with E-state index in [4.69, 9.17) is 4.74 Å². The Labute approximate surface area is 107 Å². The number of hydrogen-bond acceptors (Lipinski definition) is 4. The van der Waals surface area contributed by atoms with Crippen molar-refractivity contribution in [2.75, 3.05) is 13.1 Å². The van der Waals surface area contributed by atoms with E-state index in [2.05, 4.69) is 11.9 Å². The molecule has 0 saturated carbocycles. The minimum absolute atomic E-state index is 0.0773. The summed E-state index contributed by atoms with van der Waals surface area (Å²) in [5.41, 5.74) is 0. The van der Waals surface area contributed by atoms with Gasteiger partial charge in [-0.25, -0.2) is 13.4 Å². The molecule has 1 aromatic rings. The highest BCUT2D eigenvalue weighted by molar-refractivity contribution is 7.89. The van der Waals surface area contributed by atoms with Gasteiger partial charge in [-0.2, -0.15) is 4.31 Å². The molecule has 5 nitrogen and oxygen atoms in total. The second-order valence-corrected chi connectivity index (χ2v) is 6.93. The Morgan fingerprint density at radius 1 is 1.33 bits per heavy atom. The second-order valence-electron chi connectivity index (χ2n) is 5.04. The smallest absolute Gasteiger partial charge is 0.260 e. The predicted octanol–water partition coefficient (Wildman–Crippen LogP) is 0.879. The molecule has 0 bridgehead atoms. The lowest BCUT2D eigenvalue weighted by molar-refractivity contribution is 0.264. The van der Waals surface area contributed by atoms with Crippen molar-refractivity contribution in [1.82, 2.24) is 9.29 Å². The van der Waals surface area contributed by atoms with Crippen molar-refractivity contribution in [3.63, 3.8) is 0 Å². The van der Waals surface area contributed by atoms with Crippen molar-refractivity contribution in [1.29, 1.82) is 0 Å². The first kappa shape index (κ1) is 12.1. The van der Waals surface area contributed by atoms with Gasteiger partial charge in [0.25, 0.3) is 10.0 Å². The topological polar surface area (TPSA) is 62.8 Å². The lowest BCUT2D eigenvalue weighted by Gasteiger charge is -2.22. The number of hydrogen-bond donors (Lipinski definition) is 0. The Morgan fingerprint density at radius 3 is 2.89 bits per heavy atom. The van der Waals surface area contributed by atoms with Gasteiger partial charge in [-0.05, 0) is 24.5 Å². The third kappa shape index (κ3) is 2.15. The highest BCUT2D eigenvalue weighted by Crippen LogP contribution is 2.34. The highest BCUT2D eigenvalue weighted by Gasteiger charge is 2.46. The molecule has 2 fully saturated rings. The molecule has 0 amide bonds. The highest BCUT2D eigenvalue weighted by atomic mass is 32.2. The fraction of sp³-hybridized carbons (Fsp3) is 0.583. The average Bonchev–Trinajstić information content (AvgIpc) is 3.07. The number of epoxide rings is 1. The molecular weight excluding hydrogens is 252 g/mol. The van der Waals surface area contributed by atoms with Gasteiger partial charge in [0, 0.05) is 19.3 Å². The van der Waals surface area contributed by atoms with Crippen LogP contribution < -0.4 is 0 Å². The third-order valence-electron chi connectivity index (χ3n) is 3.46. The van der Waals surface area contributed by atoms with Crippen LogP contribution in [-0.2, 0) is 14.8 Å². The van der Waals surface area contributed by atoms with Crippen LogP contribution in [0.4, 0.5) is 0 Å². The largest absolute Gasteiger partial charge is 0.368 e. The van der Waals surface area contributed by atoms with E-state index in [0.29, 0.717) is 19.0 Å². The number of nitrogens with zero attached hydrogens (tertiary/aromatic N) is 2. The molecule has 0 aromatic carbocycles. The van der Waals surface area contributed by atoms with Crippen molar-refractivity contribution in [2.45, 2.75) is 30.6 Å². The Morgan fingerprint density at radius 2 is 2.17 bits per heavy atom. The first-order chi connectivity index (χ1) is 8.57. The van der Waals surface area contributed by atoms with Crippen LogP contribution in [0, 0.1) is 5.92 Å². The molecule has 2 saturated heterocycles. The monoisotopic (exact) mass is 268 g/mol. The van der Waals surface area contributed by atoms with Gasteiger partial charge < -0.3 is 4.74 Å². The Hall–Kier alpha value is -0.980. The minimum Gasteiger partial charge on any atom is -0.368 e. The minimum atomic E-state index is -3.48. The molecular formula is C12H16N2O3S. The van der Waals surface area contributed by atoms with Crippen molar-refractivity contribution >= 4 is 10.0 Å². The van der Waals surface area contributed by atoms with E-state index in [1.54, 1.807) is 12.1 Å². The molecule has 6 heteroatoms. The Kier molecular flexibility index (Phi) is 2.88. The quantitative estimate of drug-likeness (QED) is 0.747. The van der Waals surface area contributed by atoms with Gasteiger partial charge in [-0.3, -0.25) is 0 Å². The number of fused-ring (bicyclic) bond motifs is 1. The summed E-state index contributed by atoms with van der Waals surface area (Å²) in [6.45, 7) is 3.06. The molecule has 2 aliphatic rings. The van der Waals surface area contributed by atoms with Crippen molar-refractivity contribution in [3.8, 4) is 0 Å². The summed E-state index contributed by atoms with van der Waals surface area (Å²) >= 11 is 0. The summed E-state index contributed by atoms with van der Waals surface area (Å²) in [6.07, 6.45) is 2.78. The van der Waals surface area contributed by atoms with Crippen molar-refractivity contribution in [3.05, 3.63) is 24.4 Å². The maximum Gasteiger partial charge on any atom is 0.260 e. The van der Waals surface area contributed by atoms with Crippen LogP contribution in [0.5, 0.6) is 0 Å². The molecule has 3 heterocycles. The zero-order valence-electron chi connectivity index (χ0n) is 10.2. The summed E-state index contributed by atoms with van der Waals surface area (Å²) in [5, 5.41) is 0.122. The second kappa shape index (κ2) is 4.29. The average molecular weight is 268 g/mol. The molecule has 0 spiro atoms. The maximum absolute atomic E-state index is 12.5. The number of rotatable bonds is 2. The molecule has 0 N–H and O–H groups in total. The van der Waals surface area contributed by atoms with Crippen LogP contribution in [0.15, 0.2) is 29.4 Å². The van der Waals surface area contributed by atoms with Gasteiger partial charge in [-0.1, -0.05) is 13.0 Å². The van der Waals surface area contributed by atoms with Gasteiger partial charge >= 0.3 is 0 Å². The molecule has 18 heavy (non-hydrogen) atoms. The van der Waals surface area contributed by atoms with Gasteiger partial charge in [0.05, 0.1) is 12.2 Å². The van der Waals surface area contributed by atoms with Gasteiger partial charge in [0.2, 0.25) is 0 Å². The van der Waals surface area contributed by atoms with E-state index < -0.39 is 10.0 Å². The van der Waals surface area contributed by atoms with Gasteiger partial charge in [0.1, 0.15) is 0 Å². The van der Waals surface area contributed by atoms with Crippen LogP contribution in [0.3, 0.4) is 0 Å². The van der Waals surface area contributed by atoms with E-state index in [1.165, 1.54) is 16.6 Å². The van der Waals surface area contributed by atoms with E-state index in [-0.39, 0.29) is 17.2 Å². The number of aromatic nitrogens is 1. The fourth-order valence-corrected chi connectivity index (χ4v) is 3.97. The first-order valence-corrected chi connectivity index (χ1v) is 7.58. The molecule has 0 aliphatic carbocycles. The first-order valence-electron chi connectivity index (χ1n) is 6.14. The van der Waals surface area contributed by atoms with Gasteiger partial charge in [0.15, 0.2) is 5.03 Å². The predicted molar refractivity (Wildman–Crippen MR) is 65.4 cm³/mol. The number of sulfonamides is 1. The third-order valence-corrected chi connectivity index (χ3v) is 5.21. The molecule has 3 unspecified atom stereocenters. The summed E-state index contributed by atoms with van der Waals surface area (Å²) in [6, 6.07) is 4.94. The summed E-state index contributed by atoms with van der Waals surface area (Å²) in [4.78, 5) is 3.95. The van der Waals surface area contributed by atoms with E-state index in [9.17, 15) is 8.42 Å². The zero-order chi connectivity index (χ0) is 12.8. The standard InChI is InChI=1S/C12H16N2O3S/c1-9-6-10-11(17-10)8-14(7-9)18(15,16)12-4-2-3-5-13-12/h2-5,9-11H,6-8H2,1H3. The van der Waals surface area contributed by atoms with E-state index in [0.717, 1.165) is 6.42 Å². The molecule has 2 aliphatic heterocycles.